The van der Waals surface area contributed by atoms with Crippen molar-refractivity contribution in [2.75, 3.05) is 0 Å². The minimum atomic E-state index is 0.650. The zero-order valence-electron chi connectivity index (χ0n) is 13.8. The molecule has 5 aromatic rings. The van der Waals surface area contributed by atoms with Crippen LogP contribution in [-0.2, 0) is 0 Å². The summed E-state index contributed by atoms with van der Waals surface area (Å²) in [5.74, 6) is 0.674. The van der Waals surface area contributed by atoms with Gasteiger partial charge in [0, 0.05) is 10.6 Å². The Morgan fingerprint density at radius 2 is 1.88 bits per heavy atom. The lowest BCUT2D eigenvalue weighted by Crippen LogP contribution is -1.98. The van der Waals surface area contributed by atoms with Crippen molar-refractivity contribution < 1.29 is 0 Å². The molecule has 2 aromatic carbocycles. The highest BCUT2D eigenvalue weighted by molar-refractivity contribution is 6.30. The second kappa shape index (κ2) is 5.64. The number of rotatable bonds is 2. The molecule has 0 saturated heterocycles. The zero-order valence-corrected chi connectivity index (χ0v) is 14.6. The number of aryl methyl sites for hydroxylation is 1. The van der Waals surface area contributed by atoms with Crippen molar-refractivity contribution >= 4 is 28.3 Å². The number of aromatic nitrogens is 6. The largest absolute Gasteiger partial charge is 0.216 e. The summed E-state index contributed by atoms with van der Waals surface area (Å²) in [5.41, 5.74) is 4.42. The van der Waals surface area contributed by atoms with Gasteiger partial charge in [0.05, 0.1) is 17.3 Å². The maximum atomic E-state index is 6.11. The summed E-state index contributed by atoms with van der Waals surface area (Å²) in [4.78, 5) is 9.25. The molecule has 126 valence electrons. The standard InChI is InChI=1S/C19H13ClN6/c1-12-5-2-3-8-15(12)17-23-19-16-10-22-26(14-7-4-6-13(20)9-14)18(16)21-11-25(19)24-17/h2-11H,1H3. The normalized spacial score (nSPS) is 11.5. The summed E-state index contributed by atoms with van der Waals surface area (Å²) in [6, 6.07) is 15.6. The Morgan fingerprint density at radius 1 is 1.00 bits per heavy atom. The smallest absolute Gasteiger partial charge is 0.182 e. The van der Waals surface area contributed by atoms with Crippen LogP contribution in [0.4, 0.5) is 0 Å². The first-order valence-corrected chi connectivity index (χ1v) is 8.49. The van der Waals surface area contributed by atoms with Gasteiger partial charge in [-0.2, -0.15) is 5.10 Å². The van der Waals surface area contributed by atoms with Crippen LogP contribution in [0.25, 0.3) is 33.8 Å². The molecule has 0 spiro atoms. The van der Waals surface area contributed by atoms with Gasteiger partial charge in [-0.1, -0.05) is 41.9 Å². The molecule has 6 nitrogen and oxygen atoms in total. The van der Waals surface area contributed by atoms with Gasteiger partial charge >= 0.3 is 0 Å². The van der Waals surface area contributed by atoms with Gasteiger partial charge in [0.1, 0.15) is 6.33 Å². The third-order valence-electron chi connectivity index (χ3n) is 4.34. The van der Waals surface area contributed by atoms with Crippen LogP contribution in [0.1, 0.15) is 5.56 Å². The molecule has 0 amide bonds. The average molecular weight is 361 g/mol. The molecule has 0 aliphatic heterocycles. The third-order valence-corrected chi connectivity index (χ3v) is 4.58. The van der Waals surface area contributed by atoms with Crippen LogP contribution in [0.2, 0.25) is 5.02 Å². The predicted molar refractivity (Wildman–Crippen MR) is 101 cm³/mol. The van der Waals surface area contributed by atoms with Crippen LogP contribution < -0.4 is 0 Å². The number of nitrogens with zero attached hydrogens (tertiary/aromatic N) is 6. The van der Waals surface area contributed by atoms with E-state index in [9.17, 15) is 0 Å². The lowest BCUT2D eigenvalue weighted by molar-refractivity contribution is 0.882. The summed E-state index contributed by atoms with van der Waals surface area (Å²) in [6.45, 7) is 2.05. The van der Waals surface area contributed by atoms with Crippen LogP contribution in [-0.4, -0.2) is 29.4 Å². The highest BCUT2D eigenvalue weighted by Gasteiger charge is 2.15. The number of halogens is 1. The fourth-order valence-electron chi connectivity index (χ4n) is 3.06. The highest BCUT2D eigenvalue weighted by atomic mass is 35.5. The Balaban J connectivity index is 1.73. The molecular formula is C19H13ClN6. The van der Waals surface area contributed by atoms with Crippen molar-refractivity contribution in [1.82, 2.24) is 29.4 Å². The Morgan fingerprint density at radius 3 is 2.73 bits per heavy atom. The monoisotopic (exact) mass is 360 g/mol. The van der Waals surface area contributed by atoms with E-state index in [1.165, 1.54) is 0 Å². The van der Waals surface area contributed by atoms with Gasteiger partial charge in [0.25, 0.3) is 0 Å². The molecule has 26 heavy (non-hydrogen) atoms. The van der Waals surface area contributed by atoms with Crippen molar-refractivity contribution in [2.45, 2.75) is 6.92 Å². The summed E-state index contributed by atoms with van der Waals surface area (Å²) in [6.07, 6.45) is 3.42. The lowest BCUT2D eigenvalue weighted by atomic mass is 10.1. The molecule has 0 saturated carbocycles. The van der Waals surface area contributed by atoms with E-state index in [0.29, 0.717) is 16.5 Å². The third kappa shape index (κ3) is 2.27. The molecule has 0 aliphatic rings. The van der Waals surface area contributed by atoms with Crippen molar-refractivity contribution in [3.05, 3.63) is 71.6 Å². The summed E-state index contributed by atoms with van der Waals surface area (Å²) in [7, 11) is 0. The van der Waals surface area contributed by atoms with Crippen LogP contribution in [0.5, 0.6) is 0 Å². The van der Waals surface area contributed by atoms with Crippen molar-refractivity contribution in [3.8, 4) is 17.1 Å². The van der Waals surface area contributed by atoms with E-state index in [1.807, 2.05) is 55.5 Å². The van der Waals surface area contributed by atoms with E-state index >= 15 is 0 Å². The first kappa shape index (κ1) is 15.0. The van der Waals surface area contributed by atoms with Crippen LogP contribution in [0.15, 0.2) is 61.1 Å². The van der Waals surface area contributed by atoms with Gasteiger partial charge in [0.15, 0.2) is 17.1 Å². The van der Waals surface area contributed by atoms with E-state index in [2.05, 4.69) is 15.2 Å². The molecule has 0 atom stereocenters. The maximum absolute atomic E-state index is 6.11. The number of hydrogen-bond donors (Lipinski definition) is 0. The maximum Gasteiger partial charge on any atom is 0.182 e. The van der Waals surface area contributed by atoms with E-state index in [4.69, 9.17) is 16.6 Å². The molecule has 0 aliphatic carbocycles. The predicted octanol–water partition coefficient (Wildman–Crippen LogP) is 4.09. The highest BCUT2D eigenvalue weighted by Crippen LogP contribution is 2.25. The van der Waals surface area contributed by atoms with Gasteiger partial charge < -0.3 is 0 Å². The quantitative estimate of drug-likeness (QED) is 0.475. The van der Waals surface area contributed by atoms with Gasteiger partial charge in [-0.05, 0) is 30.7 Å². The van der Waals surface area contributed by atoms with Gasteiger partial charge in [-0.25, -0.2) is 19.2 Å². The Labute approximate surface area is 153 Å². The van der Waals surface area contributed by atoms with E-state index in [1.54, 1.807) is 21.7 Å². The fraction of sp³-hybridized carbons (Fsp3) is 0.0526. The van der Waals surface area contributed by atoms with Crippen molar-refractivity contribution in [2.24, 2.45) is 0 Å². The topological polar surface area (TPSA) is 60.9 Å². The molecule has 0 radical (unpaired) electrons. The molecular weight excluding hydrogens is 348 g/mol. The Kier molecular flexibility index (Phi) is 3.26. The van der Waals surface area contributed by atoms with Crippen molar-refractivity contribution in [3.63, 3.8) is 0 Å². The molecule has 3 aromatic heterocycles. The minimum absolute atomic E-state index is 0.650. The second-order valence-corrected chi connectivity index (χ2v) is 6.47. The number of benzene rings is 2. The van der Waals surface area contributed by atoms with E-state index < -0.39 is 0 Å². The Hall–Kier alpha value is -3.25. The van der Waals surface area contributed by atoms with Crippen LogP contribution >= 0.6 is 11.6 Å². The minimum Gasteiger partial charge on any atom is -0.216 e. The molecule has 3 heterocycles. The summed E-state index contributed by atoms with van der Waals surface area (Å²) in [5, 5.41) is 10.5. The molecule has 0 unspecified atom stereocenters. The van der Waals surface area contributed by atoms with Gasteiger partial charge in [-0.15, -0.1) is 5.10 Å². The molecule has 0 fully saturated rings. The molecule has 0 N–H and O–H groups in total. The molecule has 7 heteroatoms. The number of fused-ring (bicyclic) bond motifs is 3. The van der Waals surface area contributed by atoms with Gasteiger partial charge in [0.2, 0.25) is 0 Å². The lowest BCUT2D eigenvalue weighted by Gasteiger charge is -2.02. The molecule has 5 rings (SSSR count). The summed E-state index contributed by atoms with van der Waals surface area (Å²) >= 11 is 6.11. The summed E-state index contributed by atoms with van der Waals surface area (Å²) < 4.78 is 3.44. The average Bonchev–Trinajstić information content (AvgIpc) is 3.25. The SMILES string of the molecule is Cc1ccccc1-c1nc2c3cnn(-c4cccc(Cl)c4)c3ncn2n1. The zero-order chi connectivity index (χ0) is 17.7. The van der Waals surface area contributed by atoms with Gasteiger partial charge in [-0.3, -0.25) is 0 Å². The van der Waals surface area contributed by atoms with Crippen LogP contribution in [0.3, 0.4) is 0 Å². The number of hydrogen-bond acceptors (Lipinski definition) is 4. The first-order chi connectivity index (χ1) is 12.7. The second-order valence-electron chi connectivity index (χ2n) is 6.04. The fourth-order valence-corrected chi connectivity index (χ4v) is 3.24. The van der Waals surface area contributed by atoms with E-state index in [0.717, 1.165) is 27.8 Å². The van der Waals surface area contributed by atoms with Crippen molar-refractivity contribution in [1.29, 1.82) is 0 Å². The molecule has 0 bridgehead atoms. The Bertz CT molecular complexity index is 1270. The first-order valence-electron chi connectivity index (χ1n) is 8.12. The van der Waals surface area contributed by atoms with E-state index in [-0.39, 0.29) is 0 Å². The van der Waals surface area contributed by atoms with Crippen LogP contribution in [0, 0.1) is 6.92 Å².